The van der Waals surface area contributed by atoms with Crippen LogP contribution in [0.15, 0.2) is 18.2 Å². The van der Waals surface area contributed by atoms with Gasteiger partial charge in [-0.05, 0) is 12.8 Å². The Bertz CT molecular complexity index is 990. The summed E-state index contributed by atoms with van der Waals surface area (Å²) in [6.45, 7) is 0.876. The Hall–Kier alpha value is -3.76. The van der Waals surface area contributed by atoms with E-state index in [-0.39, 0.29) is 16.5 Å². The molecular formula is C16H13N3O8. The van der Waals surface area contributed by atoms with Gasteiger partial charge in [0.05, 0.1) is 21.0 Å². The molecule has 2 aromatic rings. The number of nitro benzene ring substituents is 2. The van der Waals surface area contributed by atoms with Gasteiger partial charge in [0.15, 0.2) is 0 Å². The number of non-ortho nitro benzene ring substituents is 1. The first-order valence-corrected chi connectivity index (χ1v) is 7.87. The molecule has 1 heterocycles. The van der Waals surface area contributed by atoms with Crippen LogP contribution in [0.4, 0.5) is 17.1 Å². The van der Waals surface area contributed by atoms with Gasteiger partial charge >= 0.3 is 11.9 Å². The Morgan fingerprint density at radius 2 is 1.48 bits per heavy atom. The highest BCUT2D eigenvalue weighted by atomic mass is 16.6. The van der Waals surface area contributed by atoms with Gasteiger partial charge in [-0.3, -0.25) is 20.2 Å². The smallest absolute Gasteiger partial charge is 0.336 e. The lowest BCUT2D eigenvalue weighted by atomic mass is 9.95. The van der Waals surface area contributed by atoms with E-state index in [1.807, 2.05) is 0 Å². The van der Waals surface area contributed by atoms with Crippen LogP contribution >= 0.6 is 0 Å². The fraction of sp³-hybridized carbons (Fsp3) is 0.250. The lowest BCUT2D eigenvalue weighted by molar-refractivity contribution is -0.384. The number of fused-ring (bicyclic) bond motifs is 1. The van der Waals surface area contributed by atoms with Crippen LogP contribution in [0.3, 0.4) is 0 Å². The number of aromatic carboxylic acids is 2. The molecule has 1 saturated heterocycles. The summed E-state index contributed by atoms with van der Waals surface area (Å²) in [4.78, 5) is 46.2. The van der Waals surface area contributed by atoms with Crippen molar-refractivity contribution >= 4 is 39.8 Å². The zero-order chi connectivity index (χ0) is 19.9. The molecule has 11 nitrogen and oxygen atoms in total. The van der Waals surface area contributed by atoms with Crippen molar-refractivity contribution < 1.29 is 29.6 Å². The van der Waals surface area contributed by atoms with Crippen LogP contribution in [0.5, 0.6) is 0 Å². The van der Waals surface area contributed by atoms with Gasteiger partial charge in [0.25, 0.3) is 11.4 Å². The maximum Gasteiger partial charge on any atom is 0.336 e. The summed E-state index contributed by atoms with van der Waals surface area (Å²) in [5, 5.41) is 41.3. The van der Waals surface area contributed by atoms with E-state index in [1.54, 1.807) is 4.90 Å². The predicted octanol–water partition coefficient (Wildman–Crippen LogP) is 2.65. The van der Waals surface area contributed by atoms with Crippen molar-refractivity contribution in [2.45, 2.75) is 12.8 Å². The number of carbonyl (C=O) groups is 2. The lowest BCUT2D eigenvalue weighted by Crippen LogP contribution is -2.20. The quantitative estimate of drug-likeness (QED) is 0.590. The van der Waals surface area contributed by atoms with Gasteiger partial charge < -0.3 is 15.1 Å². The topological polar surface area (TPSA) is 164 Å². The van der Waals surface area contributed by atoms with Gasteiger partial charge in [0.2, 0.25) is 0 Å². The summed E-state index contributed by atoms with van der Waals surface area (Å²) in [5.74, 6) is -3.13. The summed E-state index contributed by atoms with van der Waals surface area (Å²) >= 11 is 0. The van der Waals surface area contributed by atoms with Gasteiger partial charge in [0.1, 0.15) is 5.69 Å². The molecule has 0 unspecified atom stereocenters. The first-order chi connectivity index (χ1) is 12.7. The number of rotatable bonds is 5. The Kier molecular flexibility index (Phi) is 4.35. The highest BCUT2D eigenvalue weighted by molar-refractivity contribution is 6.18. The van der Waals surface area contributed by atoms with E-state index >= 15 is 0 Å². The number of benzene rings is 2. The molecule has 0 saturated carbocycles. The molecule has 1 aliphatic rings. The molecule has 1 aliphatic heterocycles. The number of hydrogen-bond donors (Lipinski definition) is 2. The minimum absolute atomic E-state index is 0.00343. The van der Waals surface area contributed by atoms with Gasteiger partial charge in [0, 0.05) is 42.1 Å². The van der Waals surface area contributed by atoms with Crippen molar-refractivity contribution in [3.63, 3.8) is 0 Å². The number of hydrogen-bond acceptors (Lipinski definition) is 7. The van der Waals surface area contributed by atoms with Crippen molar-refractivity contribution in [2.75, 3.05) is 18.0 Å². The molecule has 0 bridgehead atoms. The summed E-state index contributed by atoms with van der Waals surface area (Å²) in [6.07, 6.45) is 1.47. The van der Waals surface area contributed by atoms with E-state index in [2.05, 4.69) is 0 Å². The van der Waals surface area contributed by atoms with E-state index in [0.29, 0.717) is 13.1 Å². The van der Waals surface area contributed by atoms with E-state index in [0.717, 1.165) is 31.0 Å². The first-order valence-electron chi connectivity index (χ1n) is 7.87. The number of nitro groups is 2. The average molecular weight is 375 g/mol. The molecule has 2 N–H and O–H groups in total. The predicted molar refractivity (Wildman–Crippen MR) is 92.6 cm³/mol. The Morgan fingerprint density at radius 3 is 1.96 bits per heavy atom. The molecule has 140 valence electrons. The first kappa shape index (κ1) is 18.0. The third-order valence-electron chi connectivity index (χ3n) is 4.46. The van der Waals surface area contributed by atoms with Crippen LogP contribution in [0.1, 0.15) is 33.6 Å². The molecule has 2 aromatic carbocycles. The molecule has 11 heteroatoms. The zero-order valence-corrected chi connectivity index (χ0v) is 13.7. The monoisotopic (exact) mass is 375 g/mol. The van der Waals surface area contributed by atoms with Crippen molar-refractivity contribution in [2.24, 2.45) is 0 Å². The molecule has 0 amide bonds. The molecule has 0 atom stereocenters. The zero-order valence-electron chi connectivity index (χ0n) is 13.7. The van der Waals surface area contributed by atoms with Crippen LogP contribution in [0.25, 0.3) is 10.8 Å². The highest BCUT2D eigenvalue weighted by Crippen LogP contribution is 2.42. The largest absolute Gasteiger partial charge is 0.478 e. The van der Waals surface area contributed by atoms with E-state index in [1.165, 1.54) is 0 Å². The minimum Gasteiger partial charge on any atom is -0.478 e. The second kappa shape index (κ2) is 6.52. The summed E-state index contributed by atoms with van der Waals surface area (Å²) in [5.41, 5.74) is -2.29. The fourth-order valence-corrected chi connectivity index (χ4v) is 3.37. The van der Waals surface area contributed by atoms with E-state index in [4.69, 9.17) is 0 Å². The summed E-state index contributed by atoms with van der Waals surface area (Å²) < 4.78 is 0. The van der Waals surface area contributed by atoms with Crippen molar-refractivity contribution in [3.05, 3.63) is 49.6 Å². The molecule has 1 fully saturated rings. The van der Waals surface area contributed by atoms with Crippen molar-refractivity contribution in [1.29, 1.82) is 0 Å². The Balaban J connectivity index is 2.56. The van der Waals surface area contributed by atoms with Crippen LogP contribution in [-0.4, -0.2) is 45.1 Å². The van der Waals surface area contributed by atoms with Gasteiger partial charge in [-0.15, -0.1) is 0 Å². The standard InChI is InChI=1S/C16H13N3O8/c20-15(21)10-6-8(18(24)25)5-9-13(10)11(16(22)23)7-12(19(26)27)14(9)17-3-1-2-4-17/h5-7H,1-4H2,(H,20,21)(H,22,23). The maximum atomic E-state index is 11.7. The van der Waals surface area contributed by atoms with Crippen LogP contribution in [-0.2, 0) is 0 Å². The SMILES string of the molecule is O=C(O)c1cc([N+](=O)[O-])cc2c(N3CCCC3)c([N+](=O)[O-])cc(C(=O)O)c12. The van der Waals surface area contributed by atoms with Gasteiger partial charge in [-0.25, -0.2) is 9.59 Å². The molecule has 27 heavy (non-hydrogen) atoms. The van der Waals surface area contributed by atoms with Crippen molar-refractivity contribution in [3.8, 4) is 0 Å². The van der Waals surface area contributed by atoms with Crippen molar-refractivity contribution in [1.82, 2.24) is 0 Å². The van der Waals surface area contributed by atoms with Gasteiger partial charge in [-0.2, -0.15) is 0 Å². The summed E-state index contributed by atoms with van der Waals surface area (Å²) in [7, 11) is 0. The molecule has 0 aliphatic carbocycles. The molecular weight excluding hydrogens is 362 g/mol. The third-order valence-corrected chi connectivity index (χ3v) is 4.46. The lowest BCUT2D eigenvalue weighted by Gasteiger charge is -2.21. The highest BCUT2D eigenvalue weighted by Gasteiger charge is 2.32. The van der Waals surface area contributed by atoms with Crippen LogP contribution in [0, 0.1) is 20.2 Å². The second-order valence-corrected chi connectivity index (χ2v) is 6.03. The fourth-order valence-electron chi connectivity index (χ4n) is 3.37. The second-order valence-electron chi connectivity index (χ2n) is 6.03. The normalized spacial score (nSPS) is 13.7. The molecule has 0 radical (unpaired) electrons. The Labute approximate surface area is 150 Å². The molecule has 0 aromatic heterocycles. The third kappa shape index (κ3) is 2.99. The number of carboxylic acids is 2. The number of nitrogens with zero attached hydrogens (tertiary/aromatic N) is 3. The maximum absolute atomic E-state index is 11.7. The summed E-state index contributed by atoms with van der Waals surface area (Å²) in [6, 6.07) is 2.57. The van der Waals surface area contributed by atoms with Gasteiger partial charge in [-0.1, -0.05) is 0 Å². The number of carboxylic acid groups (broad SMARTS) is 2. The minimum atomic E-state index is -1.56. The average Bonchev–Trinajstić information content (AvgIpc) is 3.12. The van der Waals surface area contributed by atoms with E-state index < -0.39 is 44.3 Å². The molecule has 3 rings (SSSR count). The number of anilines is 1. The van der Waals surface area contributed by atoms with E-state index in [9.17, 15) is 40.0 Å². The molecule has 0 spiro atoms. The Morgan fingerprint density at radius 1 is 0.926 bits per heavy atom. The van der Waals surface area contributed by atoms with Crippen LogP contribution < -0.4 is 4.90 Å². The van der Waals surface area contributed by atoms with Crippen LogP contribution in [0.2, 0.25) is 0 Å².